The number of ether oxygens (including phenoxy) is 3. The summed E-state index contributed by atoms with van der Waals surface area (Å²) in [4.78, 5) is 0. The van der Waals surface area contributed by atoms with Gasteiger partial charge in [-0.3, -0.25) is 0 Å². The summed E-state index contributed by atoms with van der Waals surface area (Å²) in [6.45, 7) is 6.32. The van der Waals surface area contributed by atoms with Gasteiger partial charge in [0.15, 0.2) is 11.5 Å². The van der Waals surface area contributed by atoms with Crippen LogP contribution in [-0.4, -0.2) is 31.2 Å². The van der Waals surface area contributed by atoms with Crippen LogP contribution in [0.4, 0.5) is 0 Å². The van der Waals surface area contributed by atoms with E-state index in [4.69, 9.17) is 14.2 Å². The highest BCUT2D eigenvalue weighted by Crippen LogP contribution is 2.38. The monoisotopic (exact) mass is 281 g/mol. The Balaban J connectivity index is 2.05. The van der Waals surface area contributed by atoms with Crippen molar-refractivity contribution in [2.24, 2.45) is 0 Å². The molecule has 0 aromatic heterocycles. The second-order valence-electron chi connectivity index (χ2n) is 4.98. The van der Waals surface area contributed by atoms with Crippen molar-refractivity contribution < 1.29 is 19.3 Å². The fourth-order valence-electron chi connectivity index (χ4n) is 1.98. The minimum Gasteiger partial charge on any atom is -0.493 e. The molecule has 0 saturated heterocycles. The third-order valence-corrected chi connectivity index (χ3v) is 3.09. The molecule has 1 aliphatic heterocycles. The van der Waals surface area contributed by atoms with Gasteiger partial charge in [0.05, 0.1) is 12.7 Å². The minimum absolute atomic E-state index is 0.258. The molecule has 1 aromatic rings. The molecule has 0 radical (unpaired) electrons. The molecule has 2 N–H and O–H groups in total. The van der Waals surface area contributed by atoms with Crippen LogP contribution in [-0.2, 0) is 6.54 Å². The summed E-state index contributed by atoms with van der Waals surface area (Å²) in [5.74, 6) is 2.27. The van der Waals surface area contributed by atoms with Crippen molar-refractivity contribution >= 4 is 0 Å². The predicted molar refractivity (Wildman–Crippen MR) is 76.4 cm³/mol. The molecule has 2 rings (SSSR count). The van der Waals surface area contributed by atoms with E-state index in [-0.39, 0.29) is 12.9 Å². The van der Waals surface area contributed by atoms with E-state index in [0.29, 0.717) is 13.0 Å². The third-order valence-electron chi connectivity index (χ3n) is 3.09. The van der Waals surface area contributed by atoms with Crippen LogP contribution in [0.1, 0.15) is 32.3 Å². The molecule has 1 aliphatic rings. The van der Waals surface area contributed by atoms with Gasteiger partial charge in [-0.1, -0.05) is 6.92 Å². The molecule has 1 unspecified atom stereocenters. The average Bonchev–Trinajstić information content (AvgIpc) is 2.85. The van der Waals surface area contributed by atoms with Crippen molar-refractivity contribution in [1.82, 2.24) is 5.32 Å². The molecule has 0 amide bonds. The number of nitrogens with one attached hydrogen (secondary N) is 1. The standard InChI is InChI=1S/C15H23NO4/c1-3-5-16-9-12-7-14-15(20-10-19-14)8-13(12)18-6-4-11(2)17/h7-8,11,16-17H,3-6,9-10H2,1-2H3. The largest absolute Gasteiger partial charge is 0.493 e. The maximum absolute atomic E-state index is 9.29. The van der Waals surface area contributed by atoms with Gasteiger partial charge in [-0.2, -0.15) is 0 Å². The molecule has 0 fully saturated rings. The summed E-state index contributed by atoms with van der Waals surface area (Å²) in [5, 5.41) is 12.6. The molecule has 1 atom stereocenters. The van der Waals surface area contributed by atoms with E-state index in [1.54, 1.807) is 6.92 Å². The average molecular weight is 281 g/mol. The molecule has 0 aliphatic carbocycles. The van der Waals surface area contributed by atoms with Gasteiger partial charge in [0.2, 0.25) is 6.79 Å². The summed E-state index contributed by atoms with van der Waals surface area (Å²) in [7, 11) is 0. The molecule has 1 heterocycles. The lowest BCUT2D eigenvalue weighted by Crippen LogP contribution is -2.15. The quantitative estimate of drug-likeness (QED) is 0.714. The second kappa shape index (κ2) is 7.36. The van der Waals surface area contributed by atoms with Crippen molar-refractivity contribution in [2.45, 2.75) is 39.3 Å². The molecule has 0 bridgehead atoms. The van der Waals surface area contributed by atoms with E-state index in [1.807, 2.05) is 12.1 Å². The van der Waals surface area contributed by atoms with E-state index in [9.17, 15) is 5.11 Å². The highest BCUT2D eigenvalue weighted by Gasteiger charge is 2.18. The SMILES string of the molecule is CCCNCc1cc2c(cc1OCCC(C)O)OCO2. The van der Waals surface area contributed by atoms with Crippen LogP contribution in [0.3, 0.4) is 0 Å². The van der Waals surface area contributed by atoms with Gasteiger partial charge < -0.3 is 24.6 Å². The van der Waals surface area contributed by atoms with Crippen molar-refractivity contribution in [3.63, 3.8) is 0 Å². The van der Waals surface area contributed by atoms with Crippen LogP contribution in [0.2, 0.25) is 0 Å². The van der Waals surface area contributed by atoms with Crippen molar-refractivity contribution in [3.8, 4) is 17.2 Å². The van der Waals surface area contributed by atoms with Crippen LogP contribution in [0.15, 0.2) is 12.1 Å². The topological polar surface area (TPSA) is 60.0 Å². The summed E-state index contributed by atoms with van der Waals surface area (Å²) >= 11 is 0. The van der Waals surface area contributed by atoms with Gasteiger partial charge in [-0.25, -0.2) is 0 Å². The number of hydrogen-bond acceptors (Lipinski definition) is 5. The highest BCUT2D eigenvalue weighted by molar-refractivity contribution is 5.51. The Morgan fingerprint density at radius 2 is 2.10 bits per heavy atom. The fourth-order valence-corrected chi connectivity index (χ4v) is 1.98. The summed E-state index contributed by atoms with van der Waals surface area (Å²) < 4.78 is 16.5. The van der Waals surface area contributed by atoms with Gasteiger partial charge in [0, 0.05) is 24.6 Å². The second-order valence-corrected chi connectivity index (χ2v) is 4.98. The number of benzene rings is 1. The molecule has 5 nitrogen and oxygen atoms in total. The molecule has 20 heavy (non-hydrogen) atoms. The fraction of sp³-hybridized carbons (Fsp3) is 0.600. The number of aliphatic hydroxyl groups is 1. The summed E-state index contributed by atoms with van der Waals surface area (Å²) in [5.41, 5.74) is 1.05. The zero-order valence-corrected chi connectivity index (χ0v) is 12.1. The first-order chi connectivity index (χ1) is 9.70. The molecular formula is C15H23NO4. The Morgan fingerprint density at radius 3 is 2.80 bits per heavy atom. The lowest BCUT2D eigenvalue weighted by Gasteiger charge is -2.14. The van der Waals surface area contributed by atoms with Crippen LogP contribution in [0.25, 0.3) is 0 Å². The zero-order chi connectivity index (χ0) is 14.4. The van der Waals surface area contributed by atoms with Gasteiger partial charge >= 0.3 is 0 Å². The summed E-state index contributed by atoms with van der Waals surface area (Å²) in [6.07, 6.45) is 1.34. The van der Waals surface area contributed by atoms with E-state index < -0.39 is 0 Å². The van der Waals surface area contributed by atoms with Crippen LogP contribution in [0.5, 0.6) is 17.2 Å². The number of hydrogen-bond donors (Lipinski definition) is 2. The first-order valence-corrected chi connectivity index (χ1v) is 7.14. The zero-order valence-electron chi connectivity index (χ0n) is 12.1. The third kappa shape index (κ3) is 4.02. The van der Waals surface area contributed by atoms with Gasteiger partial charge in [-0.05, 0) is 26.0 Å². The van der Waals surface area contributed by atoms with E-state index in [2.05, 4.69) is 12.2 Å². The number of aliphatic hydroxyl groups excluding tert-OH is 1. The van der Waals surface area contributed by atoms with Crippen LogP contribution < -0.4 is 19.5 Å². The maximum atomic E-state index is 9.29. The normalized spacial score (nSPS) is 14.3. The molecule has 112 valence electrons. The maximum Gasteiger partial charge on any atom is 0.231 e. The molecule has 5 heteroatoms. The van der Waals surface area contributed by atoms with Crippen molar-refractivity contribution in [1.29, 1.82) is 0 Å². The van der Waals surface area contributed by atoms with Gasteiger partial charge in [0.25, 0.3) is 0 Å². The number of rotatable bonds is 8. The van der Waals surface area contributed by atoms with E-state index in [1.165, 1.54) is 0 Å². The first-order valence-electron chi connectivity index (χ1n) is 7.14. The van der Waals surface area contributed by atoms with E-state index in [0.717, 1.165) is 42.3 Å². The summed E-state index contributed by atoms with van der Waals surface area (Å²) in [6, 6.07) is 3.83. The van der Waals surface area contributed by atoms with Crippen LogP contribution in [0, 0.1) is 0 Å². The molecule has 0 saturated carbocycles. The highest BCUT2D eigenvalue weighted by atomic mass is 16.7. The first kappa shape index (κ1) is 14.9. The molecular weight excluding hydrogens is 258 g/mol. The Hall–Kier alpha value is -1.46. The minimum atomic E-state index is -0.356. The van der Waals surface area contributed by atoms with Gasteiger partial charge in [0.1, 0.15) is 5.75 Å². The lowest BCUT2D eigenvalue weighted by molar-refractivity contribution is 0.155. The van der Waals surface area contributed by atoms with E-state index >= 15 is 0 Å². The Morgan fingerprint density at radius 1 is 1.35 bits per heavy atom. The predicted octanol–water partition coefficient (Wildman–Crippen LogP) is 2.06. The van der Waals surface area contributed by atoms with Crippen molar-refractivity contribution in [3.05, 3.63) is 17.7 Å². The smallest absolute Gasteiger partial charge is 0.231 e. The van der Waals surface area contributed by atoms with Gasteiger partial charge in [-0.15, -0.1) is 0 Å². The molecule has 0 spiro atoms. The lowest BCUT2D eigenvalue weighted by atomic mass is 10.1. The molecule has 1 aromatic carbocycles. The number of fused-ring (bicyclic) bond motifs is 1. The Labute approximate surface area is 119 Å². The Bertz CT molecular complexity index is 434. The van der Waals surface area contributed by atoms with Crippen LogP contribution >= 0.6 is 0 Å². The Kier molecular flexibility index (Phi) is 5.49. The van der Waals surface area contributed by atoms with Crippen molar-refractivity contribution in [2.75, 3.05) is 19.9 Å².